The van der Waals surface area contributed by atoms with Gasteiger partial charge in [0.15, 0.2) is 0 Å². The van der Waals surface area contributed by atoms with Gasteiger partial charge in [-0.2, -0.15) is 0 Å². The highest BCUT2D eigenvalue weighted by Gasteiger charge is 2.31. The predicted octanol–water partition coefficient (Wildman–Crippen LogP) is 4.35. The molecule has 2 aromatic rings. The highest BCUT2D eigenvalue weighted by molar-refractivity contribution is 5.60. The first-order valence-corrected chi connectivity index (χ1v) is 9.32. The second-order valence-corrected chi connectivity index (χ2v) is 7.55. The van der Waals surface area contributed by atoms with Gasteiger partial charge in [0.1, 0.15) is 13.2 Å². The first kappa shape index (κ1) is 21.9. The molecule has 2 unspecified atom stereocenters. The molecule has 0 N–H and O–H groups in total. The van der Waals surface area contributed by atoms with E-state index in [0.717, 1.165) is 11.1 Å². The zero-order valence-corrected chi connectivity index (χ0v) is 17.1. The molecule has 2 atom stereocenters. The number of methoxy groups -OCH3 is 2. The normalized spacial score (nSPS) is 15.3. The van der Waals surface area contributed by atoms with E-state index in [4.69, 9.17) is 18.9 Å². The van der Waals surface area contributed by atoms with Crippen LogP contribution in [0.1, 0.15) is 25.0 Å². The van der Waals surface area contributed by atoms with Crippen LogP contribution in [0.5, 0.6) is 0 Å². The van der Waals surface area contributed by atoms with Crippen molar-refractivity contribution in [1.29, 1.82) is 0 Å². The largest absolute Gasteiger partial charge is 0.508 e. The lowest BCUT2D eigenvalue weighted by molar-refractivity contribution is 0.00512. The van der Waals surface area contributed by atoms with Crippen LogP contribution >= 0.6 is 0 Å². The lowest BCUT2D eigenvalue weighted by Crippen LogP contribution is -2.37. The van der Waals surface area contributed by atoms with E-state index in [1.165, 1.54) is 0 Å². The van der Waals surface area contributed by atoms with E-state index in [0.29, 0.717) is 13.2 Å². The molecular formula is C23H30O5. The molecule has 0 saturated heterocycles. The summed E-state index contributed by atoms with van der Waals surface area (Å²) in [7, 11) is 3.27. The topological polar surface area (TPSA) is 54.0 Å². The summed E-state index contributed by atoms with van der Waals surface area (Å²) in [4.78, 5) is 12.3. The molecule has 0 aliphatic heterocycles. The molecule has 2 aromatic carbocycles. The maximum Gasteiger partial charge on any atom is 0.508 e. The quantitative estimate of drug-likeness (QED) is 0.568. The Bertz CT molecular complexity index is 657. The predicted molar refractivity (Wildman–Crippen MR) is 109 cm³/mol. The maximum atomic E-state index is 12.3. The highest BCUT2D eigenvalue weighted by Crippen LogP contribution is 2.26. The Kier molecular flexibility index (Phi) is 8.03. The first-order valence-electron chi connectivity index (χ1n) is 9.32. The fourth-order valence-corrected chi connectivity index (χ4v) is 3.21. The fourth-order valence-electron chi connectivity index (χ4n) is 3.21. The molecule has 0 aliphatic rings. The fraction of sp³-hybridized carbons (Fsp3) is 0.435. The third-order valence-corrected chi connectivity index (χ3v) is 4.88. The minimum Gasteiger partial charge on any atom is -0.433 e. The van der Waals surface area contributed by atoms with Crippen LogP contribution in [-0.2, 0) is 29.8 Å². The average Bonchev–Trinajstić information content (AvgIpc) is 2.72. The van der Waals surface area contributed by atoms with Crippen molar-refractivity contribution in [2.45, 2.75) is 24.7 Å². The second-order valence-electron chi connectivity index (χ2n) is 7.55. The number of hydrogen-bond acceptors (Lipinski definition) is 5. The molecule has 0 aromatic heterocycles. The van der Waals surface area contributed by atoms with Crippen molar-refractivity contribution in [3.05, 3.63) is 71.8 Å². The summed E-state index contributed by atoms with van der Waals surface area (Å²) in [5.74, 6) is 0. The maximum absolute atomic E-state index is 12.3. The molecule has 0 saturated carbocycles. The van der Waals surface area contributed by atoms with Gasteiger partial charge in [0.05, 0.1) is 24.0 Å². The van der Waals surface area contributed by atoms with Crippen LogP contribution in [0.2, 0.25) is 0 Å². The summed E-state index contributed by atoms with van der Waals surface area (Å²) in [5.41, 5.74) is 1.17. The number of rotatable bonds is 10. The standard InChI is InChI=1S/C23H30O5/c1-22(15-25-3,19-11-7-5-8-12-19)17-27-21(24)28-18-23(2,16-26-4)20-13-9-6-10-14-20/h5-14H,15-18H2,1-4H3. The van der Waals surface area contributed by atoms with E-state index < -0.39 is 17.0 Å². The molecule has 0 fully saturated rings. The molecule has 0 radical (unpaired) electrons. The molecule has 28 heavy (non-hydrogen) atoms. The van der Waals surface area contributed by atoms with E-state index in [9.17, 15) is 4.79 Å². The Morgan fingerprint density at radius 3 is 1.36 bits per heavy atom. The van der Waals surface area contributed by atoms with Crippen LogP contribution in [0.15, 0.2) is 60.7 Å². The van der Waals surface area contributed by atoms with E-state index in [-0.39, 0.29) is 13.2 Å². The number of benzene rings is 2. The smallest absolute Gasteiger partial charge is 0.433 e. The molecule has 0 bridgehead atoms. The molecule has 5 nitrogen and oxygen atoms in total. The van der Waals surface area contributed by atoms with E-state index in [1.54, 1.807) is 14.2 Å². The third-order valence-electron chi connectivity index (χ3n) is 4.88. The summed E-state index contributed by atoms with van der Waals surface area (Å²) in [5, 5.41) is 0. The molecule has 0 spiro atoms. The summed E-state index contributed by atoms with van der Waals surface area (Å²) in [6.07, 6.45) is -0.698. The van der Waals surface area contributed by atoms with Crippen LogP contribution in [0.25, 0.3) is 0 Å². The van der Waals surface area contributed by atoms with Gasteiger partial charge >= 0.3 is 6.16 Å². The van der Waals surface area contributed by atoms with Crippen molar-refractivity contribution in [3.8, 4) is 0 Å². The van der Waals surface area contributed by atoms with Gasteiger partial charge < -0.3 is 18.9 Å². The van der Waals surface area contributed by atoms with Gasteiger partial charge in [0.25, 0.3) is 0 Å². The first-order chi connectivity index (χ1) is 13.4. The minimum atomic E-state index is -0.698. The van der Waals surface area contributed by atoms with Crippen molar-refractivity contribution in [2.75, 3.05) is 40.6 Å². The van der Waals surface area contributed by atoms with Gasteiger partial charge in [-0.15, -0.1) is 0 Å². The number of ether oxygens (including phenoxy) is 4. The van der Waals surface area contributed by atoms with E-state index >= 15 is 0 Å². The van der Waals surface area contributed by atoms with Crippen molar-refractivity contribution in [1.82, 2.24) is 0 Å². The van der Waals surface area contributed by atoms with Crippen molar-refractivity contribution in [3.63, 3.8) is 0 Å². The van der Waals surface area contributed by atoms with E-state index in [1.807, 2.05) is 74.5 Å². The van der Waals surface area contributed by atoms with Crippen molar-refractivity contribution >= 4 is 6.16 Å². The van der Waals surface area contributed by atoms with Gasteiger partial charge in [-0.3, -0.25) is 0 Å². The zero-order chi connectivity index (χ0) is 20.5. The van der Waals surface area contributed by atoms with E-state index in [2.05, 4.69) is 0 Å². The molecule has 0 amide bonds. The summed E-state index contributed by atoms with van der Waals surface area (Å²) in [6, 6.07) is 19.7. The Hall–Kier alpha value is -2.37. The van der Waals surface area contributed by atoms with Gasteiger partial charge in [0.2, 0.25) is 0 Å². The molecule has 2 rings (SSSR count). The van der Waals surface area contributed by atoms with Crippen LogP contribution in [-0.4, -0.2) is 46.8 Å². The second kappa shape index (κ2) is 10.2. The van der Waals surface area contributed by atoms with Crippen molar-refractivity contribution in [2.24, 2.45) is 0 Å². The third kappa shape index (κ3) is 5.81. The lowest BCUT2D eigenvalue weighted by Gasteiger charge is -2.30. The van der Waals surface area contributed by atoms with Crippen LogP contribution in [0, 0.1) is 0 Å². The summed E-state index contributed by atoms with van der Waals surface area (Å²) >= 11 is 0. The Balaban J connectivity index is 1.98. The highest BCUT2D eigenvalue weighted by atomic mass is 16.7. The summed E-state index contributed by atoms with van der Waals surface area (Å²) in [6.45, 7) is 5.17. The van der Waals surface area contributed by atoms with Crippen LogP contribution in [0.4, 0.5) is 4.79 Å². The Morgan fingerprint density at radius 1 is 0.679 bits per heavy atom. The minimum absolute atomic E-state index is 0.163. The Labute approximate surface area is 167 Å². The Morgan fingerprint density at radius 2 is 1.04 bits per heavy atom. The van der Waals surface area contributed by atoms with Crippen LogP contribution < -0.4 is 0 Å². The SMILES string of the molecule is COCC(C)(COC(=O)OCC(C)(COC)c1ccccc1)c1ccccc1. The van der Waals surface area contributed by atoms with Gasteiger partial charge in [-0.1, -0.05) is 60.7 Å². The number of carbonyl (C=O) groups excluding carboxylic acids is 1. The lowest BCUT2D eigenvalue weighted by atomic mass is 9.84. The van der Waals surface area contributed by atoms with Crippen LogP contribution in [0.3, 0.4) is 0 Å². The van der Waals surface area contributed by atoms with Gasteiger partial charge in [0, 0.05) is 14.2 Å². The number of hydrogen-bond donors (Lipinski definition) is 0. The molecule has 0 aliphatic carbocycles. The molecule has 0 heterocycles. The monoisotopic (exact) mass is 386 g/mol. The number of carbonyl (C=O) groups is 1. The molecule has 152 valence electrons. The van der Waals surface area contributed by atoms with Crippen molar-refractivity contribution < 1.29 is 23.7 Å². The molecular weight excluding hydrogens is 356 g/mol. The van der Waals surface area contributed by atoms with Gasteiger partial charge in [-0.05, 0) is 25.0 Å². The zero-order valence-electron chi connectivity index (χ0n) is 17.1. The summed E-state index contributed by atoms with van der Waals surface area (Å²) < 4.78 is 21.6. The average molecular weight is 386 g/mol. The van der Waals surface area contributed by atoms with Gasteiger partial charge in [-0.25, -0.2) is 4.79 Å². The molecule has 5 heteroatoms.